The number of hydrogen-bond acceptors (Lipinski definition) is 1. The molecule has 51 heavy (non-hydrogen) atoms. The van der Waals surface area contributed by atoms with Crippen LogP contribution in [0.15, 0.2) is 170 Å². The van der Waals surface area contributed by atoms with Crippen molar-refractivity contribution in [2.24, 2.45) is 0 Å². The van der Waals surface area contributed by atoms with E-state index in [9.17, 15) is 0 Å². The molecule has 1 N–H and O–H groups in total. The molecule has 2 aliphatic carbocycles. The Bertz CT molecular complexity index is 2600. The van der Waals surface area contributed by atoms with Crippen molar-refractivity contribution < 1.29 is 0 Å². The quantitative estimate of drug-likeness (QED) is 0.197. The Morgan fingerprint density at radius 3 is 2.06 bits per heavy atom. The van der Waals surface area contributed by atoms with E-state index in [1.807, 2.05) is 12.4 Å². The minimum atomic E-state index is -0.157. The highest BCUT2D eigenvalue weighted by atomic mass is 14.7. The molecule has 0 amide bonds. The number of pyridine rings is 1. The van der Waals surface area contributed by atoms with Crippen LogP contribution in [0.25, 0.3) is 67.0 Å². The van der Waals surface area contributed by atoms with Crippen LogP contribution in [0.1, 0.15) is 47.6 Å². The maximum atomic E-state index is 4.80. The number of aromatic nitrogens is 2. The van der Waals surface area contributed by atoms with E-state index in [0.717, 1.165) is 17.0 Å². The number of fused-ring (bicyclic) bond motifs is 7. The van der Waals surface area contributed by atoms with Crippen LogP contribution in [0.4, 0.5) is 0 Å². The van der Waals surface area contributed by atoms with E-state index >= 15 is 0 Å². The minimum Gasteiger partial charge on any atom is -0.361 e. The lowest BCUT2D eigenvalue weighted by Gasteiger charge is -2.26. The Labute approximate surface area is 299 Å². The molecule has 10 rings (SSSR count). The van der Waals surface area contributed by atoms with Crippen LogP contribution in [0.2, 0.25) is 0 Å². The second-order valence-corrected chi connectivity index (χ2v) is 14.4. The highest BCUT2D eigenvalue weighted by Gasteiger charge is 2.44. The summed E-state index contributed by atoms with van der Waals surface area (Å²) in [5.41, 5.74) is 21.5. The van der Waals surface area contributed by atoms with Crippen molar-refractivity contribution in [1.82, 2.24) is 9.97 Å². The van der Waals surface area contributed by atoms with Gasteiger partial charge in [-0.25, -0.2) is 0 Å². The van der Waals surface area contributed by atoms with E-state index in [0.29, 0.717) is 0 Å². The van der Waals surface area contributed by atoms with Gasteiger partial charge in [-0.1, -0.05) is 129 Å². The van der Waals surface area contributed by atoms with Gasteiger partial charge in [0.15, 0.2) is 0 Å². The van der Waals surface area contributed by atoms with Crippen LogP contribution in [-0.2, 0) is 5.41 Å². The van der Waals surface area contributed by atoms with Gasteiger partial charge in [0.05, 0.1) is 5.69 Å². The molecule has 0 saturated heterocycles. The first-order valence-corrected chi connectivity index (χ1v) is 17.8. The van der Waals surface area contributed by atoms with E-state index in [2.05, 4.69) is 177 Å². The van der Waals surface area contributed by atoms with Crippen molar-refractivity contribution in [2.45, 2.75) is 25.2 Å². The lowest BCUT2D eigenvalue weighted by molar-refractivity contribution is 0.662. The molecule has 0 aliphatic heterocycles. The normalized spacial score (nSPS) is 14.8. The van der Waals surface area contributed by atoms with Gasteiger partial charge in [-0.15, -0.1) is 0 Å². The largest absolute Gasteiger partial charge is 0.361 e. The molecule has 2 heteroatoms. The molecule has 6 aromatic carbocycles. The molecule has 8 aromatic rings. The SMILES string of the molecule is CC1(C)c2ccccc2-c2c(-c3ccc[nH]3)cc3c(c21)-c1ccc(-c2cccc(-c4cc(-c5ccccc5)ccn4)c2)cc1C3c1ccccc1. The van der Waals surface area contributed by atoms with Crippen LogP contribution in [0.5, 0.6) is 0 Å². The summed E-state index contributed by atoms with van der Waals surface area (Å²) in [6, 6.07) is 57.7. The summed E-state index contributed by atoms with van der Waals surface area (Å²) in [4.78, 5) is 8.36. The van der Waals surface area contributed by atoms with E-state index in [1.54, 1.807) is 0 Å². The molecule has 0 bridgehead atoms. The van der Waals surface area contributed by atoms with Crippen molar-refractivity contribution >= 4 is 0 Å². The minimum absolute atomic E-state index is 0.113. The number of rotatable bonds is 5. The first kappa shape index (κ1) is 29.6. The van der Waals surface area contributed by atoms with Crippen LogP contribution in [0, 0.1) is 0 Å². The molecule has 2 heterocycles. The van der Waals surface area contributed by atoms with Gasteiger partial charge in [0.2, 0.25) is 0 Å². The van der Waals surface area contributed by atoms with Crippen LogP contribution >= 0.6 is 0 Å². The van der Waals surface area contributed by atoms with Crippen molar-refractivity contribution in [3.05, 3.63) is 198 Å². The molecule has 0 radical (unpaired) electrons. The summed E-state index contributed by atoms with van der Waals surface area (Å²) in [7, 11) is 0. The third kappa shape index (κ3) is 4.60. The molecule has 1 unspecified atom stereocenters. The molecule has 2 aliphatic rings. The lowest BCUT2D eigenvalue weighted by atomic mass is 9.77. The summed E-state index contributed by atoms with van der Waals surface area (Å²) < 4.78 is 0. The molecule has 242 valence electrons. The van der Waals surface area contributed by atoms with E-state index in [4.69, 9.17) is 4.98 Å². The van der Waals surface area contributed by atoms with Gasteiger partial charge in [0.1, 0.15) is 0 Å². The summed E-state index contributed by atoms with van der Waals surface area (Å²) in [6.07, 6.45) is 3.96. The zero-order valence-corrected chi connectivity index (χ0v) is 28.7. The summed E-state index contributed by atoms with van der Waals surface area (Å²) >= 11 is 0. The Morgan fingerprint density at radius 2 is 1.24 bits per heavy atom. The number of benzene rings is 6. The molecule has 0 fully saturated rings. The predicted octanol–water partition coefficient (Wildman–Crippen LogP) is 12.5. The molecule has 0 saturated carbocycles. The fourth-order valence-electron chi connectivity index (χ4n) is 8.86. The summed E-state index contributed by atoms with van der Waals surface area (Å²) in [5.74, 6) is 0.113. The van der Waals surface area contributed by atoms with Gasteiger partial charge in [-0.3, -0.25) is 4.98 Å². The highest BCUT2D eigenvalue weighted by Crippen LogP contribution is 2.61. The van der Waals surface area contributed by atoms with Crippen LogP contribution < -0.4 is 0 Å². The van der Waals surface area contributed by atoms with Crippen LogP contribution in [-0.4, -0.2) is 9.97 Å². The molecule has 1 atom stereocenters. The standard InChI is InChI=1S/C49H36N2/c1-49(2)42-20-10-9-19-38(42)47-40(43-21-12-25-50-43)30-41-45(32-15-7-4-8-16-32)39-28-34(22-23-37(39)46(41)48(47)49)33-17-11-18-36(27-33)44-29-35(24-26-51-44)31-13-5-3-6-14-31/h3-30,45,50H,1-2H3. The van der Waals surface area contributed by atoms with Gasteiger partial charge < -0.3 is 4.98 Å². The first-order valence-electron chi connectivity index (χ1n) is 17.8. The molecular weight excluding hydrogens is 617 g/mol. The number of H-pyrrole nitrogens is 1. The lowest BCUT2D eigenvalue weighted by Crippen LogP contribution is -2.16. The number of hydrogen-bond donors (Lipinski definition) is 1. The second-order valence-electron chi connectivity index (χ2n) is 14.4. The predicted molar refractivity (Wildman–Crippen MR) is 211 cm³/mol. The van der Waals surface area contributed by atoms with Crippen molar-refractivity contribution in [2.75, 3.05) is 0 Å². The molecule has 2 nitrogen and oxygen atoms in total. The van der Waals surface area contributed by atoms with Crippen molar-refractivity contribution in [3.8, 4) is 67.0 Å². The van der Waals surface area contributed by atoms with Gasteiger partial charge in [0.25, 0.3) is 0 Å². The van der Waals surface area contributed by atoms with Crippen LogP contribution in [0.3, 0.4) is 0 Å². The zero-order chi connectivity index (χ0) is 34.1. The Balaban J connectivity index is 1.16. The van der Waals surface area contributed by atoms with E-state index < -0.39 is 0 Å². The Hall–Kier alpha value is -6.25. The molecule has 0 spiro atoms. The zero-order valence-electron chi connectivity index (χ0n) is 28.7. The third-order valence-electron chi connectivity index (χ3n) is 11.2. The highest BCUT2D eigenvalue weighted by molar-refractivity contribution is 6.01. The Morgan fingerprint density at radius 1 is 0.510 bits per heavy atom. The first-order chi connectivity index (χ1) is 25.1. The summed E-state index contributed by atoms with van der Waals surface area (Å²) in [6.45, 7) is 4.82. The average molecular weight is 653 g/mol. The van der Waals surface area contributed by atoms with E-state index in [-0.39, 0.29) is 11.3 Å². The van der Waals surface area contributed by atoms with Gasteiger partial charge in [-0.05, 0) is 115 Å². The maximum absolute atomic E-state index is 4.80. The van der Waals surface area contributed by atoms with Crippen molar-refractivity contribution in [1.29, 1.82) is 0 Å². The molecular formula is C49H36N2. The number of nitrogens with one attached hydrogen (secondary N) is 1. The molecule has 2 aromatic heterocycles. The van der Waals surface area contributed by atoms with Gasteiger partial charge in [-0.2, -0.15) is 0 Å². The van der Waals surface area contributed by atoms with Gasteiger partial charge >= 0.3 is 0 Å². The maximum Gasteiger partial charge on any atom is 0.0708 e. The topological polar surface area (TPSA) is 28.7 Å². The average Bonchev–Trinajstić information content (AvgIpc) is 3.90. The fourth-order valence-corrected chi connectivity index (χ4v) is 8.86. The summed E-state index contributed by atoms with van der Waals surface area (Å²) in [5, 5.41) is 0. The second kappa shape index (κ2) is 11.4. The third-order valence-corrected chi connectivity index (χ3v) is 11.2. The monoisotopic (exact) mass is 652 g/mol. The fraction of sp³-hybridized carbons (Fsp3) is 0.0816. The Kier molecular flexibility index (Phi) is 6.63. The van der Waals surface area contributed by atoms with E-state index in [1.165, 1.54) is 77.9 Å². The smallest absolute Gasteiger partial charge is 0.0708 e. The number of nitrogens with zero attached hydrogens (tertiary/aromatic N) is 1. The van der Waals surface area contributed by atoms with Gasteiger partial charge in [0, 0.05) is 40.5 Å². The van der Waals surface area contributed by atoms with Crippen molar-refractivity contribution in [3.63, 3.8) is 0 Å². The number of aromatic amines is 1.